The molecule has 0 atom stereocenters. The number of nitrogens with one attached hydrogen (secondary N) is 1. The molecular weight excluding hydrogens is 388 g/mol. The first kappa shape index (κ1) is 20.6. The second-order valence-corrected chi connectivity index (χ2v) is 7.75. The molecule has 2 amide bonds. The standard InChI is InChI=1S/C25H26N4O2/c30-24(12-11-21-17-26-29(19-21)18-20-7-3-1-4-8-20)28-15-13-22(14-16-28)25(31)27-23-9-5-2-6-10-23/h1-12,17,19,22H,13-16,18H2,(H,27,31)/b12-11+. The van der Waals surface area contributed by atoms with Crippen LogP contribution in [0.25, 0.3) is 6.08 Å². The van der Waals surface area contributed by atoms with Crippen molar-refractivity contribution in [3.63, 3.8) is 0 Å². The van der Waals surface area contributed by atoms with E-state index in [1.54, 1.807) is 23.2 Å². The number of rotatable bonds is 6. The average molecular weight is 415 g/mol. The summed E-state index contributed by atoms with van der Waals surface area (Å²) in [6.07, 6.45) is 8.42. The topological polar surface area (TPSA) is 67.2 Å². The number of hydrogen-bond acceptors (Lipinski definition) is 3. The maximum Gasteiger partial charge on any atom is 0.246 e. The lowest BCUT2D eigenvalue weighted by atomic mass is 9.95. The van der Waals surface area contributed by atoms with Gasteiger partial charge in [0.1, 0.15) is 0 Å². The van der Waals surface area contributed by atoms with Crippen LogP contribution in [-0.4, -0.2) is 39.6 Å². The first-order valence-electron chi connectivity index (χ1n) is 10.6. The number of hydrogen-bond donors (Lipinski definition) is 1. The molecule has 6 nitrogen and oxygen atoms in total. The van der Waals surface area contributed by atoms with Gasteiger partial charge in [0, 0.05) is 42.5 Å². The highest BCUT2D eigenvalue weighted by atomic mass is 16.2. The number of amides is 2. The normalized spacial score (nSPS) is 14.6. The van der Waals surface area contributed by atoms with E-state index in [0.29, 0.717) is 32.5 Å². The van der Waals surface area contributed by atoms with Crippen LogP contribution in [0.4, 0.5) is 5.69 Å². The molecule has 1 saturated heterocycles. The monoisotopic (exact) mass is 414 g/mol. The average Bonchev–Trinajstić information content (AvgIpc) is 3.26. The molecule has 0 aliphatic carbocycles. The highest BCUT2D eigenvalue weighted by molar-refractivity contribution is 5.94. The fourth-order valence-electron chi connectivity index (χ4n) is 3.72. The molecule has 1 aromatic heterocycles. The van der Waals surface area contributed by atoms with Crippen molar-refractivity contribution in [2.24, 2.45) is 5.92 Å². The number of carbonyl (C=O) groups excluding carboxylic acids is 2. The molecule has 0 bridgehead atoms. The van der Waals surface area contributed by atoms with Crippen molar-refractivity contribution in [2.45, 2.75) is 19.4 Å². The first-order chi connectivity index (χ1) is 15.2. The summed E-state index contributed by atoms with van der Waals surface area (Å²) in [6, 6.07) is 19.6. The van der Waals surface area contributed by atoms with E-state index in [-0.39, 0.29) is 17.7 Å². The van der Waals surface area contributed by atoms with Gasteiger partial charge in [0.15, 0.2) is 0 Å². The van der Waals surface area contributed by atoms with E-state index >= 15 is 0 Å². The maximum atomic E-state index is 12.5. The molecule has 0 spiro atoms. The van der Waals surface area contributed by atoms with Gasteiger partial charge in [0.2, 0.25) is 11.8 Å². The summed E-state index contributed by atoms with van der Waals surface area (Å²) in [4.78, 5) is 26.8. The Morgan fingerprint density at radius 1 is 1.00 bits per heavy atom. The van der Waals surface area contributed by atoms with Crippen LogP contribution in [0.3, 0.4) is 0 Å². The number of likely N-dealkylation sites (tertiary alicyclic amines) is 1. The number of para-hydroxylation sites is 1. The highest BCUT2D eigenvalue weighted by Gasteiger charge is 2.26. The van der Waals surface area contributed by atoms with Crippen molar-refractivity contribution < 1.29 is 9.59 Å². The molecule has 2 heterocycles. The first-order valence-corrected chi connectivity index (χ1v) is 10.6. The molecule has 158 valence electrons. The van der Waals surface area contributed by atoms with E-state index < -0.39 is 0 Å². The molecule has 0 radical (unpaired) electrons. The van der Waals surface area contributed by atoms with Gasteiger partial charge in [-0.3, -0.25) is 14.3 Å². The Balaban J connectivity index is 1.25. The lowest BCUT2D eigenvalue weighted by Crippen LogP contribution is -2.40. The van der Waals surface area contributed by atoms with E-state index in [1.165, 1.54) is 5.56 Å². The summed E-state index contributed by atoms with van der Waals surface area (Å²) in [7, 11) is 0. The minimum atomic E-state index is -0.0653. The smallest absolute Gasteiger partial charge is 0.246 e. The Labute approximate surface area is 182 Å². The fraction of sp³-hybridized carbons (Fsp3) is 0.240. The second kappa shape index (κ2) is 9.89. The Morgan fingerprint density at radius 2 is 1.68 bits per heavy atom. The van der Waals surface area contributed by atoms with E-state index in [4.69, 9.17) is 0 Å². The van der Waals surface area contributed by atoms with E-state index in [0.717, 1.165) is 11.3 Å². The summed E-state index contributed by atoms with van der Waals surface area (Å²) in [6.45, 7) is 1.87. The minimum absolute atomic E-state index is 0.0275. The Morgan fingerprint density at radius 3 is 2.39 bits per heavy atom. The fourth-order valence-corrected chi connectivity index (χ4v) is 3.72. The third-order valence-electron chi connectivity index (χ3n) is 5.48. The predicted octanol–water partition coefficient (Wildman–Crippen LogP) is 3.82. The van der Waals surface area contributed by atoms with Gasteiger partial charge in [-0.1, -0.05) is 48.5 Å². The van der Waals surface area contributed by atoms with Gasteiger partial charge in [-0.2, -0.15) is 5.10 Å². The van der Waals surface area contributed by atoms with Crippen LogP contribution in [0, 0.1) is 5.92 Å². The Kier molecular flexibility index (Phi) is 6.57. The van der Waals surface area contributed by atoms with Gasteiger partial charge in [0.05, 0.1) is 12.7 Å². The van der Waals surface area contributed by atoms with Gasteiger partial charge < -0.3 is 10.2 Å². The van der Waals surface area contributed by atoms with Crippen LogP contribution in [0.5, 0.6) is 0 Å². The summed E-state index contributed by atoms with van der Waals surface area (Å²) in [5, 5.41) is 7.32. The Bertz CT molecular complexity index is 1040. The Hall–Kier alpha value is -3.67. The van der Waals surface area contributed by atoms with Crippen molar-refractivity contribution >= 4 is 23.6 Å². The number of benzene rings is 2. The highest BCUT2D eigenvalue weighted by Crippen LogP contribution is 2.20. The van der Waals surface area contributed by atoms with Crippen molar-refractivity contribution in [3.05, 3.63) is 90.3 Å². The van der Waals surface area contributed by atoms with Crippen LogP contribution >= 0.6 is 0 Å². The number of aromatic nitrogens is 2. The predicted molar refractivity (Wildman–Crippen MR) is 121 cm³/mol. The van der Waals surface area contributed by atoms with Crippen LogP contribution in [-0.2, 0) is 16.1 Å². The molecule has 1 aliphatic heterocycles. The maximum absolute atomic E-state index is 12.5. The van der Waals surface area contributed by atoms with Crippen LogP contribution < -0.4 is 5.32 Å². The quantitative estimate of drug-likeness (QED) is 0.624. The molecule has 1 N–H and O–H groups in total. The van der Waals surface area contributed by atoms with Crippen molar-refractivity contribution in [3.8, 4) is 0 Å². The number of piperidine rings is 1. The number of anilines is 1. The summed E-state index contributed by atoms with van der Waals surface area (Å²) >= 11 is 0. The molecule has 3 aromatic rings. The molecule has 2 aromatic carbocycles. The SMILES string of the molecule is O=C(Nc1ccccc1)C1CCN(C(=O)/C=C/c2cnn(Cc3ccccc3)c2)CC1. The minimum Gasteiger partial charge on any atom is -0.339 e. The third kappa shape index (κ3) is 5.69. The van der Waals surface area contributed by atoms with Crippen molar-refractivity contribution in [1.29, 1.82) is 0 Å². The molecular formula is C25H26N4O2. The summed E-state index contributed by atoms with van der Waals surface area (Å²) < 4.78 is 1.86. The van der Waals surface area contributed by atoms with Crippen LogP contribution in [0.15, 0.2) is 79.1 Å². The summed E-state index contributed by atoms with van der Waals surface area (Å²) in [5.74, 6) is -0.0677. The molecule has 1 fully saturated rings. The third-order valence-corrected chi connectivity index (χ3v) is 5.48. The largest absolute Gasteiger partial charge is 0.339 e. The molecule has 6 heteroatoms. The lowest BCUT2D eigenvalue weighted by Gasteiger charge is -2.30. The number of nitrogens with zero attached hydrogens (tertiary/aromatic N) is 3. The van der Waals surface area contributed by atoms with Crippen molar-refractivity contribution in [1.82, 2.24) is 14.7 Å². The zero-order valence-corrected chi connectivity index (χ0v) is 17.4. The van der Waals surface area contributed by atoms with Crippen LogP contribution in [0.1, 0.15) is 24.0 Å². The molecule has 0 unspecified atom stereocenters. The number of carbonyl (C=O) groups is 2. The van der Waals surface area contributed by atoms with E-state index in [1.807, 2.05) is 59.4 Å². The van der Waals surface area contributed by atoms with Gasteiger partial charge in [-0.25, -0.2) is 0 Å². The molecule has 1 aliphatic rings. The van der Waals surface area contributed by atoms with Gasteiger partial charge in [-0.15, -0.1) is 0 Å². The second-order valence-electron chi connectivity index (χ2n) is 7.75. The molecule has 0 saturated carbocycles. The van der Waals surface area contributed by atoms with Crippen LogP contribution in [0.2, 0.25) is 0 Å². The van der Waals surface area contributed by atoms with E-state index in [9.17, 15) is 9.59 Å². The molecule has 31 heavy (non-hydrogen) atoms. The lowest BCUT2D eigenvalue weighted by molar-refractivity contribution is -0.130. The van der Waals surface area contributed by atoms with Gasteiger partial charge in [-0.05, 0) is 36.6 Å². The van der Waals surface area contributed by atoms with Gasteiger partial charge in [0.25, 0.3) is 0 Å². The van der Waals surface area contributed by atoms with Gasteiger partial charge >= 0.3 is 0 Å². The zero-order chi connectivity index (χ0) is 21.5. The summed E-state index contributed by atoms with van der Waals surface area (Å²) in [5.41, 5.74) is 2.87. The van der Waals surface area contributed by atoms with E-state index in [2.05, 4.69) is 22.5 Å². The molecule has 4 rings (SSSR count). The van der Waals surface area contributed by atoms with Crippen molar-refractivity contribution in [2.75, 3.05) is 18.4 Å². The zero-order valence-electron chi connectivity index (χ0n) is 17.4.